The first-order chi connectivity index (χ1) is 11.7. The van der Waals surface area contributed by atoms with Crippen LogP contribution in [0.4, 0.5) is 5.69 Å². The Labute approximate surface area is 147 Å². The number of benzene rings is 1. The maximum absolute atomic E-state index is 2.81. The van der Waals surface area contributed by atoms with Crippen molar-refractivity contribution >= 4 is 5.69 Å². The van der Waals surface area contributed by atoms with Gasteiger partial charge in [0.05, 0.1) is 0 Å². The van der Waals surface area contributed by atoms with E-state index in [1.165, 1.54) is 70.8 Å². The Bertz CT molecular complexity index is 538. The summed E-state index contributed by atoms with van der Waals surface area (Å²) >= 11 is 0. The average molecular weight is 329 g/mol. The molecule has 0 bridgehead atoms. The maximum atomic E-state index is 2.81. The first kappa shape index (κ1) is 16.4. The molecule has 0 aromatic heterocycles. The number of rotatable bonds is 2. The van der Waals surface area contributed by atoms with Gasteiger partial charge in [-0.25, -0.2) is 0 Å². The number of piperazine rings is 1. The largest absolute Gasteiger partial charge is 0.370 e. The standard InChI is InChI=1S/C20H32N4/c1-21-12-9-20(10-13-21)17-24(15-14-22(20)2)19-8-11-23(16-19)18-6-4-3-5-7-18/h3-7,19H,8-17H2,1-2H3. The molecule has 1 aromatic carbocycles. The summed E-state index contributed by atoms with van der Waals surface area (Å²) in [6.07, 6.45) is 3.96. The second-order valence-corrected chi connectivity index (χ2v) is 8.14. The number of para-hydroxylation sites is 1. The van der Waals surface area contributed by atoms with Crippen LogP contribution in [-0.2, 0) is 0 Å². The van der Waals surface area contributed by atoms with Crippen LogP contribution in [-0.4, -0.2) is 86.2 Å². The summed E-state index contributed by atoms with van der Waals surface area (Å²) in [4.78, 5) is 10.5. The fourth-order valence-electron chi connectivity index (χ4n) is 4.89. The summed E-state index contributed by atoms with van der Waals surface area (Å²) in [5.74, 6) is 0. The highest BCUT2D eigenvalue weighted by Crippen LogP contribution is 2.33. The van der Waals surface area contributed by atoms with Gasteiger partial charge in [0.2, 0.25) is 0 Å². The molecule has 4 heteroatoms. The predicted octanol–water partition coefficient (Wildman–Crippen LogP) is 1.98. The van der Waals surface area contributed by atoms with Gasteiger partial charge in [-0.15, -0.1) is 0 Å². The van der Waals surface area contributed by atoms with E-state index < -0.39 is 0 Å². The first-order valence-electron chi connectivity index (χ1n) is 9.60. The van der Waals surface area contributed by atoms with Crippen molar-refractivity contribution in [2.75, 3.05) is 64.8 Å². The van der Waals surface area contributed by atoms with Crippen molar-refractivity contribution in [3.8, 4) is 0 Å². The molecular weight excluding hydrogens is 296 g/mol. The van der Waals surface area contributed by atoms with Gasteiger partial charge < -0.3 is 9.80 Å². The highest BCUT2D eigenvalue weighted by Gasteiger charge is 2.43. The Morgan fingerprint density at radius 2 is 1.67 bits per heavy atom. The van der Waals surface area contributed by atoms with Gasteiger partial charge in [-0.1, -0.05) is 18.2 Å². The molecule has 0 aliphatic carbocycles. The normalized spacial score (nSPS) is 29.4. The van der Waals surface area contributed by atoms with Crippen molar-refractivity contribution in [2.24, 2.45) is 0 Å². The Morgan fingerprint density at radius 1 is 0.917 bits per heavy atom. The number of anilines is 1. The second kappa shape index (κ2) is 6.66. The molecule has 3 saturated heterocycles. The van der Waals surface area contributed by atoms with Gasteiger partial charge in [-0.05, 0) is 58.6 Å². The van der Waals surface area contributed by atoms with Crippen molar-refractivity contribution in [3.05, 3.63) is 30.3 Å². The molecule has 1 atom stereocenters. The number of hydrogen-bond acceptors (Lipinski definition) is 4. The minimum atomic E-state index is 0.422. The Morgan fingerprint density at radius 3 is 2.42 bits per heavy atom. The summed E-state index contributed by atoms with van der Waals surface area (Å²) in [5, 5.41) is 0. The Balaban J connectivity index is 1.42. The zero-order valence-electron chi connectivity index (χ0n) is 15.3. The van der Waals surface area contributed by atoms with E-state index in [4.69, 9.17) is 0 Å². The molecule has 3 aliphatic heterocycles. The van der Waals surface area contributed by atoms with E-state index in [-0.39, 0.29) is 0 Å². The molecule has 0 radical (unpaired) electrons. The quantitative estimate of drug-likeness (QED) is 0.823. The molecule has 1 spiro atoms. The van der Waals surface area contributed by atoms with Crippen LogP contribution in [0.3, 0.4) is 0 Å². The van der Waals surface area contributed by atoms with Crippen LogP contribution in [0.2, 0.25) is 0 Å². The first-order valence-corrected chi connectivity index (χ1v) is 9.60. The zero-order valence-corrected chi connectivity index (χ0v) is 15.3. The van der Waals surface area contributed by atoms with Gasteiger partial charge in [0, 0.05) is 50.0 Å². The zero-order chi connectivity index (χ0) is 16.6. The second-order valence-electron chi connectivity index (χ2n) is 8.14. The molecule has 1 aromatic rings. The van der Waals surface area contributed by atoms with E-state index in [2.05, 4.69) is 64.0 Å². The van der Waals surface area contributed by atoms with Crippen LogP contribution >= 0.6 is 0 Å². The summed E-state index contributed by atoms with van der Waals surface area (Å²) in [5.41, 5.74) is 1.81. The number of likely N-dealkylation sites (tertiary alicyclic amines) is 1. The lowest BCUT2D eigenvalue weighted by Crippen LogP contribution is -2.65. The van der Waals surface area contributed by atoms with Gasteiger partial charge in [0.25, 0.3) is 0 Å². The molecule has 4 nitrogen and oxygen atoms in total. The highest BCUT2D eigenvalue weighted by molar-refractivity contribution is 5.47. The monoisotopic (exact) mass is 328 g/mol. The molecular formula is C20H32N4. The smallest absolute Gasteiger partial charge is 0.0366 e. The molecule has 3 heterocycles. The van der Waals surface area contributed by atoms with Crippen molar-refractivity contribution in [1.82, 2.24) is 14.7 Å². The molecule has 0 N–H and O–H groups in total. The average Bonchev–Trinajstić information content (AvgIpc) is 3.11. The SMILES string of the molecule is CN1CCC2(CC1)CN(C1CCN(c3ccccc3)C1)CCN2C. The highest BCUT2D eigenvalue weighted by atomic mass is 15.3. The molecule has 0 saturated carbocycles. The van der Waals surface area contributed by atoms with Crippen molar-refractivity contribution in [1.29, 1.82) is 0 Å². The van der Waals surface area contributed by atoms with Gasteiger partial charge >= 0.3 is 0 Å². The molecule has 3 fully saturated rings. The fraction of sp³-hybridized carbons (Fsp3) is 0.700. The lowest BCUT2D eigenvalue weighted by atomic mass is 9.83. The summed E-state index contributed by atoms with van der Waals surface area (Å²) < 4.78 is 0. The third-order valence-electron chi connectivity index (χ3n) is 6.75. The summed E-state index contributed by atoms with van der Waals surface area (Å²) in [6.45, 7) is 8.63. The lowest BCUT2D eigenvalue weighted by Gasteiger charge is -2.54. The summed E-state index contributed by atoms with van der Waals surface area (Å²) in [6, 6.07) is 11.7. The maximum Gasteiger partial charge on any atom is 0.0366 e. The van der Waals surface area contributed by atoms with Crippen LogP contribution in [0.5, 0.6) is 0 Å². The van der Waals surface area contributed by atoms with Crippen LogP contribution in [0, 0.1) is 0 Å². The van der Waals surface area contributed by atoms with E-state index in [0.29, 0.717) is 5.54 Å². The molecule has 4 rings (SSSR count). The van der Waals surface area contributed by atoms with Crippen molar-refractivity contribution in [2.45, 2.75) is 30.8 Å². The van der Waals surface area contributed by atoms with Crippen LogP contribution < -0.4 is 4.90 Å². The molecule has 24 heavy (non-hydrogen) atoms. The number of likely N-dealkylation sites (N-methyl/N-ethyl adjacent to an activating group) is 1. The molecule has 0 amide bonds. The molecule has 3 aliphatic rings. The minimum Gasteiger partial charge on any atom is -0.370 e. The van der Waals surface area contributed by atoms with Gasteiger partial charge in [0.1, 0.15) is 0 Å². The predicted molar refractivity (Wildman–Crippen MR) is 101 cm³/mol. The third-order valence-corrected chi connectivity index (χ3v) is 6.75. The van der Waals surface area contributed by atoms with Crippen molar-refractivity contribution in [3.63, 3.8) is 0 Å². The molecule has 1 unspecified atom stereocenters. The number of nitrogens with zero attached hydrogens (tertiary/aromatic N) is 4. The van der Waals surface area contributed by atoms with E-state index >= 15 is 0 Å². The number of piperidine rings is 1. The Kier molecular flexibility index (Phi) is 4.54. The van der Waals surface area contributed by atoms with E-state index in [1.807, 2.05) is 0 Å². The van der Waals surface area contributed by atoms with Crippen molar-refractivity contribution < 1.29 is 0 Å². The van der Waals surface area contributed by atoms with Gasteiger partial charge in [-0.2, -0.15) is 0 Å². The minimum absolute atomic E-state index is 0.422. The number of hydrogen-bond donors (Lipinski definition) is 0. The third kappa shape index (κ3) is 3.07. The van der Waals surface area contributed by atoms with E-state index in [1.54, 1.807) is 0 Å². The molecule has 132 valence electrons. The Hall–Kier alpha value is -1.10. The van der Waals surface area contributed by atoms with E-state index in [0.717, 1.165) is 6.04 Å². The van der Waals surface area contributed by atoms with Crippen LogP contribution in [0.25, 0.3) is 0 Å². The fourth-order valence-corrected chi connectivity index (χ4v) is 4.89. The van der Waals surface area contributed by atoms with Gasteiger partial charge in [-0.3, -0.25) is 9.80 Å². The topological polar surface area (TPSA) is 13.0 Å². The van der Waals surface area contributed by atoms with Crippen LogP contribution in [0.15, 0.2) is 30.3 Å². The van der Waals surface area contributed by atoms with E-state index in [9.17, 15) is 0 Å². The van der Waals surface area contributed by atoms with Crippen LogP contribution in [0.1, 0.15) is 19.3 Å². The lowest BCUT2D eigenvalue weighted by molar-refractivity contribution is -0.0345. The van der Waals surface area contributed by atoms with Gasteiger partial charge in [0.15, 0.2) is 0 Å². The summed E-state index contributed by atoms with van der Waals surface area (Å²) in [7, 11) is 4.62.